The van der Waals surface area contributed by atoms with E-state index in [1.807, 2.05) is 48.5 Å². The highest BCUT2D eigenvalue weighted by molar-refractivity contribution is 6.14. The lowest BCUT2D eigenvalue weighted by atomic mass is 9.96. The third-order valence-electron chi connectivity index (χ3n) is 16.3. The number of hydrogen-bond acceptors (Lipinski definition) is 1. The molecule has 0 bridgehead atoms. The van der Waals surface area contributed by atoms with Gasteiger partial charge in [-0.2, -0.15) is 13.2 Å². The van der Waals surface area contributed by atoms with E-state index in [0.29, 0.717) is 28.3 Å². The SMILES string of the molecule is Cc1ccc(-c2ccc3c4ccc(-c5ccc(C)cc5C)cc4n(-c4cc(C(F)(F)F)cc(-n5c6cc(-c7ccc(C)cc7C)ccc6c6ccc(-c7ccc(C)cc7C)cc65)c4-c4cccc(-c5ccccc5)n4)c3c2)c(C)c1. The summed E-state index contributed by atoms with van der Waals surface area (Å²) in [4.78, 5) is 5.50. The van der Waals surface area contributed by atoms with Crippen LogP contribution in [0.1, 0.15) is 50.1 Å². The molecule has 3 nitrogen and oxygen atoms in total. The Bertz CT molecular complexity index is 4200. The van der Waals surface area contributed by atoms with Crippen LogP contribution < -0.4 is 0 Å². The van der Waals surface area contributed by atoms with Gasteiger partial charge in [-0.25, -0.2) is 4.98 Å². The summed E-state index contributed by atoms with van der Waals surface area (Å²) in [6.45, 7) is 16.8. The smallest absolute Gasteiger partial charge is 0.308 e. The fourth-order valence-corrected chi connectivity index (χ4v) is 12.5. The van der Waals surface area contributed by atoms with Crippen LogP contribution in [0.3, 0.4) is 0 Å². The van der Waals surface area contributed by atoms with E-state index in [1.54, 1.807) is 0 Å². The third kappa shape index (κ3) is 8.67. The average Bonchev–Trinajstić information content (AvgIpc) is 4.18. The summed E-state index contributed by atoms with van der Waals surface area (Å²) in [5.74, 6) is 0. The summed E-state index contributed by atoms with van der Waals surface area (Å²) in [6.07, 6.45) is -4.76. The Hall–Kier alpha value is -9.26. The fourth-order valence-electron chi connectivity index (χ4n) is 12.5. The molecule has 3 heterocycles. The van der Waals surface area contributed by atoms with Crippen molar-refractivity contribution in [1.82, 2.24) is 14.1 Å². The van der Waals surface area contributed by atoms with Gasteiger partial charge < -0.3 is 9.13 Å². The molecule has 0 radical (unpaired) electrons. The molecule has 3 aromatic heterocycles. The molecule has 0 fully saturated rings. The number of rotatable bonds is 8. The quantitative estimate of drug-likeness (QED) is 0.149. The van der Waals surface area contributed by atoms with Crippen LogP contribution in [0.15, 0.2) is 206 Å². The van der Waals surface area contributed by atoms with Crippen LogP contribution in [0, 0.1) is 55.4 Å². The number of nitrogens with zero attached hydrogens (tertiary/aromatic N) is 3. The molecule has 0 atom stereocenters. The first kappa shape index (κ1) is 50.3. The number of benzene rings is 10. The minimum atomic E-state index is -4.76. The zero-order chi connectivity index (χ0) is 55.3. The average molecular weight is 1050 g/mol. The van der Waals surface area contributed by atoms with E-state index in [4.69, 9.17) is 4.98 Å². The largest absolute Gasteiger partial charge is 0.416 e. The molecule has 390 valence electrons. The minimum Gasteiger partial charge on any atom is -0.308 e. The summed E-state index contributed by atoms with van der Waals surface area (Å²) >= 11 is 0. The molecule has 13 aromatic rings. The van der Waals surface area contributed by atoms with Crippen molar-refractivity contribution in [3.8, 4) is 78.4 Å². The van der Waals surface area contributed by atoms with Gasteiger partial charge >= 0.3 is 6.18 Å². The molecule has 80 heavy (non-hydrogen) atoms. The Labute approximate surface area is 464 Å². The molecule has 0 N–H and O–H groups in total. The number of aryl methyl sites for hydroxylation is 8. The van der Waals surface area contributed by atoms with Crippen molar-refractivity contribution in [2.75, 3.05) is 0 Å². The van der Waals surface area contributed by atoms with E-state index >= 15 is 13.2 Å². The molecule has 0 spiro atoms. The standard InChI is InChI=1S/C74H58F3N3/c1-43-17-25-57(47(5)33-43)52-21-29-61-62-30-22-53(58-26-18-44(2)34-48(58)6)38-68(62)79(67(61)37-52)71-41-56(74(75,76)77)42-72(73(71)66-16-12-15-65(78-66)51-13-10-9-11-14-51)80-69-39-54(59-27-19-45(3)35-49(59)7)23-31-63(69)64-32-24-55(40-70(64)80)60-28-20-46(4)36-50(60)8/h9-42H,1-8H3. The Kier molecular flexibility index (Phi) is 12.1. The topological polar surface area (TPSA) is 22.8 Å². The molecular formula is C74H58F3N3. The van der Waals surface area contributed by atoms with Gasteiger partial charge in [-0.3, -0.25) is 0 Å². The number of halogens is 3. The van der Waals surface area contributed by atoms with Crippen molar-refractivity contribution < 1.29 is 13.2 Å². The Balaban J connectivity index is 1.23. The Morgan fingerprint density at radius 2 is 0.650 bits per heavy atom. The number of hydrogen-bond donors (Lipinski definition) is 0. The molecule has 13 rings (SSSR count). The maximum Gasteiger partial charge on any atom is 0.416 e. The Morgan fingerprint density at radius 3 is 0.975 bits per heavy atom. The van der Waals surface area contributed by atoms with Crippen molar-refractivity contribution in [2.24, 2.45) is 0 Å². The molecule has 0 unspecified atom stereocenters. The second-order valence-corrected chi connectivity index (χ2v) is 22.0. The van der Waals surface area contributed by atoms with Crippen LogP contribution >= 0.6 is 0 Å². The van der Waals surface area contributed by atoms with Crippen LogP contribution in [0.4, 0.5) is 13.2 Å². The van der Waals surface area contributed by atoms with Gasteiger partial charge in [-0.1, -0.05) is 180 Å². The lowest BCUT2D eigenvalue weighted by Crippen LogP contribution is -2.11. The zero-order valence-corrected chi connectivity index (χ0v) is 46.1. The molecular weight excluding hydrogens is 988 g/mol. The monoisotopic (exact) mass is 1050 g/mol. The second-order valence-electron chi connectivity index (χ2n) is 22.0. The van der Waals surface area contributed by atoms with E-state index in [1.165, 1.54) is 12.1 Å². The van der Waals surface area contributed by atoms with Crippen molar-refractivity contribution in [1.29, 1.82) is 0 Å². The van der Waals surface area contributed by atoms with E-state index in [0.717, 1.165) is 138 Å². The van der Waals surface area contributed by atoms with Gasteiger partial charge in [0.05, 0.1) is 50.4 Å². The minimum absolute atomic E-state index is 0.356. The number of fused-ring (bicyclic) bond motifs is 6. The molecule has 0 saturated heterocycles. The van der Waals surface area contributed by atoms with Crippen molar-refractivity contribution >= 4 is 43.6 Å². The summed E-state index contributed by atoms with van der Waals surface area (Å²) in [5, 5.41) is 3.68. The van der Waals surface area contributed by atoms with Crippen molar-refractivity contribution in [3.63, 3.8) is 0 Å². The first-order chi connectivity index (χ1) is 38.6. The second kappa shape index (κ2) is 19.3. The van der Waals surface area contributed by atoms with E-state index in [9.17, 15) is 0 Å². The highest BCUT2D eigenvalue weighted by Crippen LogP contribution is 2.48. The number of alkyl halides is 3. The summed E-state index contributed by atoms with van der Waals surface area (Å²) in [7, 11) is 0. The number of aromatic nitrogens is 3. The zero-order valence-electron chi connectivity index (χ0n) is 46.1. The molecule has 10 aromatic carbocycles. The molecule has 6 heteroatoms. The van der Waals surface area contributed by atoms with Gasteiger partial charge in [-0.05, 0) is 171 Å². The van der Waals surface area contributed by atoms with Gasteiger partial charge in [-0.15, -0.1) is 0 Å². The van der Waals surface area contributed by atoms with Crippen LogP contribution in [0.25, 0.3) is 122 Å². The van der Waals surface area contributed by atoms with Gasteiger partial charge in [0.2, 0.25) is 0 Å². The lowest BCUT2D eigenvalue weighted by Gasteiger charge is -2.23. The first-order valence-electron chi connectivity index (χ1n) is 27.3. The van der Waals surface area contributed by atoms with Gasteiger partial charge in [0, 0.05) is 32.7 Å². The lowest BCUT2D eigenvalue weighted by molar-refractivity contribution is -0.137. The summed E-state index contributed by atoms with van der Waals surface area (Å²) < 4.78 is 53.7. The van der Waals surface area contributed by atoms with Crippen molar-refractivity contribution in [2.45, 2.75) is 61.6 Å². The molecule has 0 aliphatic carbocycles. The Morgan fingerprint density at radius 1 is 0.312 bits per heavy atom. The molecule has 0 aliphatic rings. The van der Waals surface area contributed by atoms with Crippen LogP contribution in [-0.4, -0.2) is 14.1 Å². The van der Waals surface area contributed by atoms with Crippen LogP contribution in [0.5, 0.6) is 0 Å². The summed E-state index contributed by atoms with van der Waals surface area (Å²) in [5.41, 5.74) is 22.8. The van der Waals surface area contributed by atoms with E-state index < -0.39 is 11.7 Å². The molecule has 0 amide bonds. The fraction of sp³-hybridized carbons (Fsp3) is 0.122. The van der Waals surface area contributed by atoms with E-state index in [2.05, 4.69) is 210 Å². The van der Waals surface area contributed by atoms with Crippen LogP contribution in [-0.2, 0) is 6.18 Å². The predicted molar refractivity (Wildman–Crippen MR) is 328 cm³/mol. The normalized spacial score (nSPS) is 11.9. The molecule has 0 aliphatic heterocycles. The highest BCUT2D eigenvalue weighted by Gasteiger charge is 2.35. The van der Waals surface area contributed by atoms with Gasteiger partial charge in [0.1, 0.15) is 0 Å². The first-order valence-corrected chi connectivity index (χ1v) is 27.3. The maximum atomic E-state index is 16.5. The summed E-state index contributed by atoms with van der Waals surface area (Å²) in [6, 6.07) is 70.1. The molecule has 0 saturated carbocycles. The van der Waals surface area contributed by atoms with E-state index in [-0.39, 0.29) is 0 Å². The maximum absolute atomic E-state index is 16.5. The van der Waals surface area contributed by atoms with Gasteiger partial charge in [0.15, 0.2) is 0 Å². The third-order valence-corrected chi connectivity index (χ3v) is 16.3. The van der Waals surface area contributed by atoms with Gasteiger partial charge in [0.25, 0.3) is 0 Å². The van der Waals surface area contributed by atoms with Crippen LogP contribution in [0.2, 0.25) is 0 Å². The highest BCUT2D eigenvalue weighted by atomic mass is 19.4. The van der Waals surface area contributed by atoms with Crippen molar-refractivity contribution in [3.05, 3.63) is 256 Å². The number of pyridine rings is 1. The predicted octanol–water partition coefficient (Wildman–Crippen LogP) is 20.8.